The van der Waals surface area contributed by atoms with Crippen LogP contribution in [0, 0.1) is 0 Å². The quantitative estimate of drug-likeness (QED) is 0.475. The molecule has 10 heavy (non-hydrogen) atoms. The Morgan fingerprint density at radius 2 is 1.40 bits per heavy atom. The minimum Gasteiger partial charge on any atom is -0.131 e. The van der Waals surface area contributed by atoms with Crippen LogP contribution in [0.1, 0.15) is 52.9 Å². The zero-order valence-corrected chi connectivity index (χ0v) is 8.77. The smallest absolute Gasteiger partial charge is 0.0178 e. The van der Waals surface area contributed by atoms with Crippen LogP contribution in [0.15, 0.2) is 0 Å². The summed E-state index contributed by atoms with van der Waals surface area (Å²) in [4.78, 5) is 0. The van der Waals surface area contributed by atoms with E-state index in [1.54, 1.807) is 0 Å². The largest absolute Gasteiger partial charge is 0.131 e. The van der Waals surface area contributed by atoms with Crippen molar-refractivity contribution in [3.05, 3.63) is 0 Å². The van der Waals surface area contributed by atoms with Gasteiger partial charge in [0, 0.05) is 0 Å². The highest BCUT2D eigenvalue weighted by molar-refractivity contribution is 7.18. The third-order valence-electron chi connectivity index (χ3n) is 2.00. The summed E-state index contributed by atoms with van der Waals surface area (Å²) in [6.45, 7) is 6.34. The highest BCUT2D eigenvalue weighted by atomic mass is 31.0. The summed E-state index contributed by atoms with van der Waals surface area (Å²) < 4.78 is 0. The maximum atomic E-state index is 2.96. The molecule has 0 N–H and O–H groups in total. The zero-order valence-electron chi connectivity index (χ0n) is 7.61. The molecule has 0 aromatic carbocycles. The van der Waals surface area contributed by atoms with Gasteiger partial charge in [-0.25, -0.2) is 0 Å². The monoisotopic (exact) mass is 160 g/mol. The molecule has 0 saturated heterocycles. The summed E-state index contributed by atoms with van der Waals surface area (Å²) in [6.07, 6.45) is 7.18. The summed E-state index contributed by atoms with van der Waals surface area (Å²) >= 11 is 0. The summed E-state index contributed by atoms with van der Waals surface area (Å²) in [5.74, 6) is 0. The van der Waals surface area contributed by atoms with Crippen LogP contribution in [0.4, 0.5) is 0 Å². The van der Waals surface area contributed by atoms with Crippen LogP contribution >= 0.6 is 9.24 Å². The SMILES string of the molecule is CC.CC1(P)CCCCC1. The van der Waals surface area contributed by atoms with Gasteiger partial charge in [0.1, 0.15) is 0 Å². The average molecular weight is 160 g/mol. The van der Waals surface area contributed by atoms with Gasteiger partial charge in [0.15, 0.2) is 0 Å². The molecule has 0 heterocycles. The fourth-order valence-electron chi connectivity index (χ4n) is 1.36. The summed E-state index contributed by atoms with van der Waals surface area (Å²) in [5, 5.41) is 0.595. The van der Waals surface area contributed by atoms with E-state index in [2.05, 4.69) is 16.2 Å². The molecule has 62 valence electrons. The van der Waals surface area contributed by atoms with E-state index in [-0.39, 0.29) is 0 Å². The second kappa shape index (κ2) is 5.13. The van der Waals surface area contributed by atoms with Crippen LogP contribution in [-0.2, 0) is 0 Å². The van der Waals surface area contributed by atoms with Crippen molar-refractivity contribution in [1.82, 2.24) is 0 Å². The highest BCUT2D eigenvalue weighted by Crippen LogP contribution is 2.34. The predicted molar refractivity (Wildman–Crippen MR) is 52.5 cm³/mol. The summed E-state index contributed by atoms with van der Waals surface area (Å²) in [6, 6.07) is 0. The first-order chi connectivity index (χ1) is 4.71. The lowest BCUT2D eigenvalue weighted by Gasteiger charge is -2.28. The Labute approximate surface area is 68.0 Å². The van der Waals surface area contributed by atoms with Crippen molar-refractivity contribution in [1.29, 1.82) is 0 Å². The van der Waals surface area contributed by atoms with Crippen molar-refractivity contribution in [3.63, 3.8) is 0 Å². The molecule has 1 aliphatic carbocycles. The Balaban J connectivity index is 0.000000371. The lowest BCUT2D eigenvalue weighted by Crippen LogP contribution is -2.18. The van der Waals surface area contributed by atoms with Crippen LogP contribution in [-0.4, -0.2) is 5.16 Å². The van der Waals surface area contributed by atoms with E-state index in [4.69, 9.17) is 0 Å². The Hall–Kier alpha value is 0.430. The first-order valence-corrected chi connectivity index (χ1v) is 5.07. The molecule has 0 aromatic rings. The molecule has 1 aliphatic rings. The summed E-state index contributed by atoms with van der Waals surface area (Å²) in [5.41, 5.74) is 0. The standard InChI is InChI=1S/C7H15P.C2H6/c1-7(8)5-3-2-4-6-7;1-2/h2-6,8H2,1H3;1-2H3. The molecule has 1 heteroatoms. The lowest BCUT2D eigenvalue weighted by molar-refractivity contribution is 0.421. The van der Waals surface area contributed by atoms with Gasteiger partial charge in [0.2, 0.25) is 0 Å². The van der Waals surface area contributed by atoms with Gasteiger partial charge in [-0.05, 0) is 18.0 Å². The minimum atomic E-state index is 0.595. The maximum absolute atomic E-state index is 2.96. The fraction of sp³-hybridized carbons (Fsp3) is 1.00. The third kappa shape index (κ3) is 4.28. The van der Waals surface area contributed by atoms with Gasteiger partial charge in [0.25, 0.3) is 0 Å². The van der Waals surface area contributed by atoms with Gasteiger partial charge in [-0.15, -0.1) is 9.24 Å². The molecule has 1 rings (SSSR count). The molecule has 1 atom stereocenters. The van der Waals surface area contributed by atoms with Gasteiger partial charge < -0.3 is 0 Å². The second-order valence-corrected chi connectivity index (χ2v) is 4.61. The van der Waals surface area contributed by atoms with E-state index in [1.807, 2.05) is 13.8 Å². The predicted octanol–water partition coefficient (Wildman–Crippen LogP) is 3.61. The van der Waals surface area contributed by atoms with Crippen molar-refractivity contribution in [2.24, 2.45) is 0 Å². The normalized spacial score (nSPS) is 22.8. The molecule has 1 unspecified atom stereocenters. The van der Waals surface area contributed by atoms with E-state index in [0.29, 0.717) is 5.16 Å². The Morgan fingerprint density at radius 3 is 1.60 bits per heavy atom. The first kappa shape index (κ1) is 10.4. The van der Waals surface area contributed by atoms with E-state index in [0.717, 1.165) is 0 Å². The first-order valence-electron chi connectivity index (χ1n) is 4.50. The Morgan fingerprint density at radius 1 is 1.00 bits per heavy atom. The molecule has 0 nitrogen and oxygen atoms in total. The van der Waals surface area contributed by atoms with Crippen molar-refractivity contribution in [3.8, 4) is 0 Å². The van der Waals surface area contributed by atoms with Crippen molar-refractivity contribution in [2.45, 2.75) is 58.0 Å². The number of hydrogen-bond donors (Lipinski definition) is 0. The number of rotatable bonds is 0. The number of hydrogen-bond acceptors (Lipinski definition) is 0. The van der Waals surface area contributed by atoms with E-state index in [1.165, 1.54) is 32.1 Å². The average Bonchev–Trinajstić information content (AvgIpc) is 1.92. The molecule has 0 bridgehead atoms. The topological polar surface area (TPSA) is 0 Å². The third-order valence-corrected chi connectivity index (χ3v) is 2.57. The molecule has 1 fully saturated rings. The molecule has 0 spiro atoms. The molecular formula is C9H21P. The Bertz CT molecular complexity index is 68.8. The van der Waals surface area contributed by atoms with Crippen molar-refractivity contribution >= 4 is 9.24 Å². The van der Waals surface area contributed by atoms with Crippen LogP contribution in [0.5, 0.6) is 0 Å². The Kier molecular flexibility index (Phi) is 5.35. The van der Waals surface area contributed by atoms with Crippen LogP contribution < -0.4 is 0 Å². The van der Waals surface area contributed by atoms with Gasteiger partial charge >= 0.3 is 0 Å². The minimum absolute atomic E-state index is 0.595. The molecule has 0 aliphatic heterocycles. The lowest BCUT2D eigenvalue weighted by atomic mass is 9.90. The maximum Gasteiger partial charge on any atom is -0.0178 e. The van der Waals surface area contributed by atoms with E-state index in [9.17, 15) is 0 Å². The van der Waals surface area contributed by atoms with Crippen LogP contribution in [0.2, 0.25) is 0 Å². The highest BCUT2D eigenvalue weighted by Gasteiger charge is 2.20. The van der Waals surface area contributed by atoms with Crippen molar-refractivity contribution < 1.29 is 0 Å². The van der Waals surface area contributed by atoms with Crippen LogP contribution in [0.25, 0.3) is 0 Å². The van der Waals surface area contributed by atoms with E-state index >= 15 is 0 Å². The zero-order chi connectivity index (χ0) is 8.04. The van der Waals surface area contributed by atoms with E-state index < -0.39 is 0 Å². The summed E-state index contributed by atoms with van der Waals surface area (Å²) in [7, 11) is 2.96. The molecule has 1 saturated carbocycles. The van der Waals surface area contributed by atoms with Crippen LogP contribution in [0.3, 0.4) is 0 Å². The second-order valence-electron chi connectivity index (χ2n) is 3.21. The van der Waals surface area contributed by atoms with Gasteiger partial charge in [-0.1, -0.05) is 40.0 Å². The fourth-order valence-corrected chi connectivity index (χ4v) is 1.77. The molecular weight excluding hydrogens is 139 g/mol. The van der Waals surface area contributed by atoms with Crippen molar-refractivity contribution in [2.75, 3.05) is 0 Å². The molecule has 0 radical (unpaired) electrons. The molecule has 0 amide bonds. The van der Waals surface area contributed by atoms with Gasteiger partial charge in [-0.2, -0.15) is 0 Å². The molecule has 0 aromatic heterocycles. The van der Waals surface area contributed by atoms with Gasteiger partial charge in [-0.3, -0.25) is 0 Å². The van der Waals surface area contributed by atoms with Gasteiger partial charge in [0.05, 0.1) is 0 Å².